The molecule has 0 aliphatic rings. The summed E-state index contributed by atoms with van der Waals surface area (Å²) >= 11 is 0. The zero-order chi connectivity index (χ0) is 14.8. The van der Waals surface area contributed by atoms with Crippen molar-refractivity contribution in [1.29, 1.82) is 0 Å². The molecule has 0 saturated carbocycles. The highest BCUT2D eigenvalue weighted by atomic mass is 16.4. The Morgan fingerprint density at radius 1 is 1.30 bits per heavy atom. The maximum atomic E-state index is 12.0. The summed E-state index contributed by atoms with van der Waals surface area (Å²) in [5.74, 6) is 0.960. The van der Waals surface area contributed by atoms with Gasteiger partial charge >= 0.3 is 0 Å². The number of benzene rings is 1. The minimum absolute atomic E-state index is 0.0900. The van der Waals surface area contributed by atoms with Crippen LogP contribution in [0.2, 0.25) is 0 Å². The van der Waals surface area contributed by atoms with Gasteiger partial charge in [-0.25, -0.2) is 0 Å². The molecule has 0 spiro atoms. The number of carbonyl (C=O) groups excluding carboxylic acids is 1. The van der Waals surface area contributed by atoms with Crippen molar-refractivity contribution in [2.24, 2.45) is 0 Å². The molecular weight excluding hydrogens is 254 g/mol. The molecule has 2 aromatic rings. The van der Waals surface area contributed by atoms with E-state index in [4.69, 9.17) is 4.42 Å². The monoisotopic (exact) mass is 273 g/mol. The number of furan rings is 1. The van der Waals surface area contributed by atoms with Crippen LogP contribution in [0, 0.1) is 13.8 Å². The van der Waals surface area contributed by atoms with Crippen LogP contribution >= 0.6 is 0 Å². The highest BCUT2D eigenvalue weighted by Crippen LogP contribution is 2.22. The molecule has 0 bridgehead atoms. The smallest absolute Gasteiger partial charge is 0.251 e. The lowest BCUT2D eigenvalue weighted by molar-refractivity contribution is 0.0323. The minimum atomic E-state index is -1.23. The van der Waals surface area contributed by atoms with Gasteiger partial charge in [-0.15, -0.1) is 0 Å². The van der Waals surface area contributed by atoms with Crippen LogP contribution in [-0.2, 0) is 5.60 Å². The van der Waals surface area contributed by atoms with Crippen LogP contribution < -0.4 is 5.32 Å². The standard InChI is InChI=1S/C16H19NO3/c1-11-5-4-6-13(9-11)15(18)17-10-16(3,19)14-8-7-12(2)20-14/h4-9,19H,10H2,1-3H3,(H,17,18). The Balaban J connectivity index is 2.03. The van der Waals surface area contributed by atoms with E-state index in [0.29, 0.717) is 11.3 Å². The third kappa shape index (κ3) is 3.27. The lowest BCUT2D eigenvalue weighted by atomic mass is 10.0. The van der Waals surface area contributed by atoms with Crippen molar-refractivity contribution >= 4 is 5.91 Å². The molecule has 106 valence electrons. The van der Waals surface area contributed by atoms with E-state index in [2.05, 4.69) is 5.32 Å². The van der Waals surface area contributed by atoms with Gasteiger partial charge in [0.05, 0.1) is 6.54 Å². The van der Waals surface area contributed by atoms with Crippen LogP contribution in [0.3, 0.4) is 0 Å². The number of nitrogens with one attached hydrogen (secondary N) is 1. The summed E-state index contributed by atoms with van der Waals surface area (Å²) in [5.41, 5.74) is 0.371. The maximum Gasteiger partial charge on any atom is 0.251 e. The summed E-state index contributed by atoms with van der Waals surface area (Å²) in [4.78, 5) is 12.0. The van der Waals surface area contributed by atoms with E-state index in [1.165, 1.54) is 0 Å². The maximum absolute atomic E-state index is 12.0. The van der Waals surface area contributed by atoms with Crippen LogP contribution in [0.1, 0.15) is 34.4 Å². The first kappa shape index (κ1) is 14.3. The molecule has 4 heteroatoms. The normalized spacial score (nSPS) is 13.8. The van der Waals surface area contributed by atoms with Crippen molar-refractivity contribution in [1.82, 2.24) is 5.32 Å². The van der Waals surface area contributed by atoms with E-state index in [-0.39, 0.29) is 12.5 Å². The van der Waals surface area contributed by atoms with Crippen LogP contribution in [0.4, 0.5) is 0 Å². The number of carbonyl (C=O) groups is 1. The van der Waals surface area contributed by atoms with Crippen molar-refractivity contribution in [2.45, 2.75) is 26.4 Å². The molecule has 1 atom stereocenters. The number of aliphatic hydroxyl groups is 1. The Bertz CT molecular complexity index is 614. The van der Waals surface area contributed by atoms with Gasteiger partial charge in [0, 0.05) is 5.56 Å². The van der Waals surface area contributed by atoms with Crippen LogP contribution in [0.5, 0.6) is 0 Å². The fourth-order valence-corrected chi connectivity index (χ4v) is 1.95. The lowest BCUT2D eigenvalue weighted by Crippen LogP contribution is -2.38. The summed E-state index contributed by atoms with van der Waals surface area (Å²) in [7, 11) is 0. The molecule has 1 amide bonds. The molecule has 2 rings (SSSR count). The number of hydrogen-bond donors (Lipinski definition) is 2. The van der Waals surface area contributed by atoms with Crippen LogP contribution in [0.25, 0.3) is 0 Å². The first-order valence-electron chi connectivity index (χ1n) is 6.53. The second-order valence-corrected chi connectivity index (χ2v) is 5.24. The van der Waals surface area contributed by atoms with E-state index in [9.17, 15) is 9.90 Å². The molecule has 0 aliphatic carbocycles. The summed E-state index contributed by atoms with van der Waals surface area (Å²) in [5, 5.41) is 13.1. The van der Waals surface area contributed by atoms with Gasteiger partial charge in [-0.1, -0.05) is 17.7 Å². The Morgan fingerprint density at radius 3 is 2.65 bits per heavy atom. The third-order valence-corrected chi connectivity index (χ3v) is 3.14. The summed E-state index contributed by atoms with van der Waals surface area (Å²) < 4.78 is 5.40. The van der Waals surface area contributed by atoms with Gasteiger partial charge in [-0.05, 0) is 45.0 Å². The molecule has 0 aliphatic heterocycles. The molecule has 0 radical (unpaired) electrons. The average molecular weight is 273 g/mol. The second kappa shape index (κ2) is 5.51. The minimum Gasteiger partial charge on any atom is -0.463 e. The molecule has 2 N–H and O–H groups in total. The number of hydrogen-bond acceptors (Lipinski definition) is 3. The Labute approximate surface area is 118 Å². The van der Waals surface area contributed by atoms with Gasteiger partial charge in [-0.3, -0.25) is 4.79 Å². The van der Waals surface area contributed by atoms with Crippen molar-refractivity contribution < 1.29 is 14.3 Å². The zero-order valence-electron chi connectivity index (χ0n) is 11.9. The largest absolute Gasteiger partial charge is 0.463 e. The van der Waals surface area contributed by atoms with Crippen molar-refractivity contribution in [3.05, 3.63) is 59.0 Å². The summed E-state index contributed by atoms with van der Waals surface area (Å²) in [6, 6.07) is 10.8. The predicted molar refractivity (Wildman–Crippen MR) is 76.5 cm³/mol. The van der Waals surface area contributed by atoms with Crippen molar-refractivity contribution in [3.8, 4) is 0 Å². The molecule has 0 saturated heterocycles. The topological polar surface area (TPSA) is 62.5 Å². The van der Waals surface area contributed by atoms with E-state index in [0.717, 1.165) is 11.3 Å². The molecule has 1 heterocycles. The highest BCUT2D eigenvalue weighted by molar-refractivity contribution is 5.94. The van der Waals surface area contributed by atoms with Gasteiger partial charge in [0.1, 0.15) is 17.1 Å². The fourth-order valence-electron chi connectivity index (χ4n) is 1.95. The molecular formula is C16H19NO3. The fraction of sp³-hybridized carbons (Fsp3) is 0.312. The highest BCUT2D eigenvalue weighted by Gasteiger charge is 2.27. The van der Waals surface area contributed by atoms with Gasteiger partial charge in [0.2, 0.25) is 0 Å². The van der Waals surface area contributed by atoms with E-state index in [1.807, 2.05) is 26.0 Å². The first-order chi connectivity index (χ1) is 9.38. The van der Waals surface area contributed by atoms with E-state index in [1.54, 1.807) is 31.2 Å². The molecule has 0 fully saturated rings. The molecule has 1 aromatic carbocycles. The summed E-state index contributed by atoms with van der Waals surface area (Å²) in [6.07, 6.45) is 0. The Hall–Kier alpha value is -2.07. The predicted octanol–water partition coefficient (Wildman–Crippen LogP) is 2.53. The Morgan fingerprint density at radius 2 is 2.05 bits per heavy atom. The van der Waals surface area contributed by atoms with Gasteiger partial charge < -0.3 is 14.8 Å². The number of amides is 1. The van der Waals surface area contributed by atoms with Crippen LogP contribution in [0.15, 0.2) is 40.8 Å². The summed E-state index contributed by atoms with van der Waals surface area (Å²) in [6.45, 7) is 5.44. The van der Waals surface area contributed by atoms with E-state index >= 15 is 0 Å². The van der Waals surface area contributed by atoms with Gasteiger partial charge in [0.15, 0.2) is 0 Å². The quantitative estimate of drug-likeness (QED) is 0.899. The van der Waals surface area contributed by atoms with Gasteiger partial charge in [0.25, 0.3) is 5.91 Å². The van der Waals surface area contributed by atoms with E-state index < -0.39 is 5.60 Å². The first-order valence-corrected chi connectivity index (χ1v) is 6.53. The number of rotatable bonds is 4. The van der Waals surface area contributed by atoms with Crippen molar-refractivity contribution in [2.75, 3.05) is 6.54 Å². The van der Waals surface area contributed by atoms with Crippen LogP contribution in [-0.4, -0.2) is 17.6 Å². The molecule has 1 aromatic heterocycles. The zero-order valence-corrected chi connectivity index (χ0v) is 11.9. The third-order valence-electron chi connectivity index (χ3n) is 3.14. The van der Waals surface area contributed by atoms with Crippen molar-refractivity contribution in [3.63, 3.8) is 0 Å². The average Bonchev–Trinajstić information content (AvgIpc) is 2.83. The lowest BCUT2D eigenvalue weighted by Gasteiger charge is -2.21. The molecule has 20 heavy (non-hydrogen) atoms. The molecule has 4 nitrogen and oxygen atoms in total. The van der Waals surface area contributed by atoms with Gasteiger partial charge in [-0.2, -0.15) is 0 Å². The second-order valence-electron chi connectivity index (χ2n) is 5.24. The SMILES string of the molecule is Cc1cccc(C(=O)NCC(C)(O)c2ccc(C)o2)c1. The molecule has 1 unspecified atom stereocenters. The Kier molecular flexibility index (Phi) is 3.95. The number of aryl methyl sites for hydroxylation is 2.